The average Bonchev–Trinajstić information content (AvgIpc) is 2.33. The van der Waals surface area contributed by atoms with E-state index < -0.39 is 0 Å². The molecule has 0 N–H and O–H groups in total. The summed E-state index contributed by atoms with van der Waals surface area (Å²) in [5.41, 5.74) is 0. The Kier molecular flexibility index (Phi) is 8.41. The molecule has 108 valence electrons. The molecule has 0 radical (unpaired) electrons. The van der Waals surface area contributed by atoms with E-state index in [0.29, 0.717) is 6.10 Å². The smallest absolute Gasteiger partial charge is 0.0608 e. The number of hydrogen-bond donors (Lipinski definition) is 1. The van der Waals surface area contributed by atoms with Crippen LogP contribution in [0.25, 0.3) is 0 Å². The van der Waals surface area contributed by atoms with Gasteiger partial charge in [0.25, 0.3) is 0 Å². The van der Waals surface area contributed by atoms with Crippen molar-refractivity contribution in [2.24, 2.45) is 17.8 Å². The minimum Gasteiger partial charge on any atom is -0.378 e. The van der Waals surface area contributed by atoms with Crippen LogP contribution in [0.2, 0.25) is 0 Å². The number of unbranched alkanes of at least 4 members (excludes halogenated alkanes) is 3. The standard InChI is InChI=1S/C16H32OS/c1-13(2)15-9-8-14(3)12-16(15)17-10-6-4-5-7-11-18/h13-16,18H,4-12H2,1-3H3. The van der Waals surface area contributed by atoms with Crippen LogP contribution in [0.15, 0.2) is 0 Å². The maximum Gasteiger partial charge on any atom is 0.0608 e. The summed E-state index contributed by atoms with van der Waals surface area (Å²) < 4.78 is 6.19. The zero-order valence-corrected chi connectivity index (χ0v) is 13.4. The van der Waals surface area contributed by atoms with Gasteiger partial charge in [0, 0.05) is 6.61 Å². The van der Waals surface area contributed by atoms with Crippen molar-refractivity contribution in [3.8, 4) is 0 Å². The van der Waals surface area contributed by atoms with E-state index in [9.17, 15) is 0 Å². The topological polar surface area (TPSA) is 9.23 Å². The molecule has 3 atom stereocenters. The molecular weight excluding hydrogens is 240 g/mol. The third-order valence-electron chi connectivity index (χ3n) is 4.35. The van der Waals surface area contributed by atoms with Crippen LogP contribution in [0, 0.1) is 17.8 Å². The molecule has 0 heterocycles. The fraction of sp³-hybridized carbons (Fsp3) is 1.00. The molecule has 1 aliphatic carbocycles. The highest BCUT2D eigenvalue weighted by molar-refractivity contribution is 7.80. The molecule has 0 aromatic carbocycles. The summed E-state index contributed by atoms with van der Waals surface area (Å²) in [7, 11) is 0. The molecule has 0 aliphatic heterocycles. The van der Waals surface area contributed by atoms with Crippen LogP contribution in [0.1, 0.15) is 65.7 Å². The summed E-state index contributed by atoms with van der Waals surface area (Å²) in [5.74, 6) is 3.44. The fourth-order valence-electron chi connectivity index (χ4n) is 3.11. The first-order valence-corrected chi connectivity index (χ1v) is 8.50. The second kappa shape index (κ2) is 9.25. The summed E-state index contributed by atoms with van der Waals surface area (Å²) in [6.45, 7) is 8.04. The molecule has 18 heavy (non-hydrogen) atoms. The van der Waals surface area contributed by atoms with Gasteiger partial charge in [0.1, 0.15) is 0 Å². The Morgan fingerprint density at radius 2 is 1.83 bits per heavy atom. The zero-order chi connectivity index (χ0) is 13.4. The maximum absolute atomic E-state index is 6.19. The van der Waals surface area contributed by atoms with Crippen LogP contribution >= 0.6 is 12.6 Å². The third kappa shape index (κ3) is 5.97. The average molecular weight is 272 g/mol. The summed E-state index contributed by atoms with van der Waals surface area (Å²) >= 11 is 4.24. The fourth-order valence-corrected chi connectivity index (χ4v) is 3.33. The first-order chi connectivity index (χ1) is 8.65. The highest BCUT2D eigenvalue weighted by Gasteiger charge is 2.31. The predicted molar refractivity (Wildman–Crippen MR) is 83.4 cm³/mol. The Labute approximate surface area is 119 Å². The van der Waals surface area contributed by atoms with Crippen molar-refractivity contribution in [3.63, 3.8) is 0 Å². The van der Waals surface area contributed by atoms with Gasteiger partial charge in [-0.1, -0.05) is 40.0 Å². The molecule has 1 rings (SSSR count). The predicted octanol–water partition coefficient (Wildman–Crippen LogP) is 4.95. The molecule has 0 bridgehead atoms. The van der Waals surface area contributed by atoms with Gasteiger partial charge in [-0.25, -0.2) is 0 Å². The Balaban J connectivity index is 2.20. The molecule has 2 heteroatoms. The normalized spacial score (nSPS) is 28.8. The van der Waals surface area contributed by atoms with Crippen LogP contribution < -0.4 is 0 Å². The van der Waals surface area contributed by atoms with Crippen LogP contribution in [0.5, 0.6) is 0 Å². The Hall–Kier alpha value is 0.310. The molecule has 1 aliphatic rings. The van der Waals surface area contributed by atoms with Crippen molar-refractivity contribution in [2.75, 3.05) is 12.4 Å². The SMILES string of the molecule is CC1CCC(C(C)C)C(OCCCCCCS)C1. The van der Waals surface area contributed by atoms with Gasteiger partial charge in [0.2, 0.25) is 0 Å². The molecule has 1 nitrogen and oxygen atoms in total. The Bertz CT molecular complexity index is 205. The Morgan fingerprint density at radius 3 is 2.50 bits per heavy atom. The van der Waals surface area contributed by atoms with Crippen LogP contribution in [-0.4, -0.2) is 18.5 Å². The minimum absolute atomic E-state index is 0.527. The van der Waals surface area contributed by atoms with Crippen LogP contribution in [-0.2, 0) is 4.74 Å². The molecule has 1 saturated carbocycles. The summed E-state index contributed by atoms with van der Waals surface area (Å²) in [5, 5.41) is 0. The van der Waals surface area contributed by atoms with Gasteiger partial charge in [-0.3, -0.25) is 0 Å². The van der Waals surface area contributed by atoms with E-state index in [1.165, 1.54) is 44.9 Å². The summed E-state index contributed by atoms with van der Waals surface area (Å²) in [4.78, 5) is 0. The molecule has 0 amide bonds. The molecule has 3 unspecified atom stereocenters. The van der Waals surface area contributed by atoms with Crippen molar-refractivity contribution in [1.82, 2.24) is 0 Å². The minimum atomic E-state index is 0.527. The summed E-state index contributed by atoms with van der Waals surface area (Å²) in [6.07, 6.45) is 9.64. The first kappa shape index (κ1) is 16.4. The van der Waals surface area contributed by atoms with Crippen molar-refractivity contribution in [2.45, 2.75) is 71.8 Å². The highest BCUT2D eigenvalue weighted by Crippen LogP contribution is 2.35. The van der Waals surface area contributed by atoms with E-state index in [0.717, 1.165) is 30.1 Å². The van der Waals surface area contributed by atoms with Crippen LogP contribution in [0.3, 0.4) is 0 Å². The number of rotatable bonds is 8. The molecule has 1 fully saturated rings. The van der Waals surface area contributed by atoms with Gasteiger partial charge in [-0.05, 0) is 49.2 Å². The number of thiol groups is 1. The van der Waals surface area contributed by atoms with E-state index in [4.69, 9.17) is 4.74 Å². The van der Waals surface area contributed by atoms with Crippen molar-refractivity contribution < 1.29 is 4.74 Å². The van der Waals surface area contributed by atoms with Crippen molar-refractivity contribution in [3.05, 3.63) is 0 Å². The highest BCUT2D eigenvalue weighted by atomic mass is 32.1. The van der Waals surface area contributed by atoms with Gasteiger partial charge < -0.3 is 4.74 Å². The van der Waals surface area contributed by atoms with Crippen molar-refractivity contribution >= 4 is 12.6 Å². The molecule has 0 aromatic heterocycles. The van der Waals surface area contributed by atoms with Crippen molar-refractivity contribution in [1.29, 1.82) is 0 Å². The van der Waals surface area contributed by atoms with Gasteiger partial charge >= 0.3 is 0 Å². The van der Waals surface area contributed by atoms with E-state index in [1.807, 2.05) is 0 Å². The lowest BCUT2D eigenvalue weighted by Gasteiger charge is -2.37. The Morgan fingerprint density at radius 1 is 1.11 bits per heavy atom. The van der Waals surface area contributed by atoms with E-state index in [1.54, 1.807) is 0 Å². The number of ether oxygens (including phenoxy) is 1. The monoisotopic (exact) mass is 272 g/mol. The molecule has 0 aromatic rings. The lowest BCUT2D eigenvalue weighted by Crippen LogP contribution is -2.34. The lowest BCUT2D eigenvalue weighted by molar-refractivity contribution is -0.0394. The first-order valence-electron chi connectivity index (χ1n) is 7.87. The quantitative estimate of drug-likeness (QED) is 0.485. The summed E-state index contributed by atoms with van der Waals surface area (Å²) in [6, 6.07) is 0. The van der Waals surface area contributed by atoms with Gasteiger partial charge in [-0.2, -0.15) is 12.6 Å². The lowest BCUT2D eigenvalue weighted by atomic mass is 9.75. The second-order valence-corrected chi connectivity index (χ2v) is 6.82. The third-order valence-corrected chi connectivity index (χ3v) is 4.66. The largest absolute Gasteiger partial charge is 0.378 e. The molecular formula is C16H32OS. The maximum atomic E-state index is 6.19. The zero-order valence-electron chi connectivity index (χ0n) is 12.5. The van der Waals surface area contributed by atoms with E-state index in [-0.39, 0.29) is 0 Å². The van der Waals surface area contributed by atoms with Crippen LogP contribution in [0.4, 0.5) is 0 Å². The van der Waals surface area contributed by atoms with Gasteiger partial charge in [0.15, 0.2) is 0 Å². The molecule has 0 saturated heterocycles. The number of hydrogen-bond acceptors (Lipinski definition) is 2. The second-order valence-electron chi connectivity index (χ2n) is 6.37. The van der Waals surface area contributed by atoms with Gasteiger partial charge in [-0.15, -0.1) is 0 Å². The molecule has 0 spiro atoms. The van der Waals surface area contributed by atoms with E-state index in [2.05, 4.69) is 33.4 Å². The van der Waals surface area contributed by atoms with Gasteiger partial charge in [0.05, 0.1) is 6.10 Å². The van der Waals surface area contributed by atoms with E-state index >= 15 is 0 Å².